The molecule has 5 heteroatoms. The Labute approximate surface area is 118 Å². The summed E-state index contributed by atoms with van der Waals surface area (Å²) in [5.74, 6) is -0.689. The molecule has 0 saturated carbocycles. The minimum atomic E-state index is -0.486. The van der Waals surface area contributed by atoms with Crippen LogP contribution in [-0.2, 0) is 7.05 Å². The quantitative estimate of drug-likeness (QED) is 0.736. The van der Waals surface area contributed by atoms with Crippen LogP contribution in [0.3, 0.4) is 0 Å². The van der Waals surface area contributed by atoms with Crippen LogP contribution in [0.5, 0.6) is 5.75 Å². The van der Waals surface area contributed by atoms with E-state index < -0.39 is 11.3 Å². The zero-order chi connectivity index (χ0) is 14.3. The van der Waals surface area contributed by atoms with Crippen molar-refractivity contribution in [3.05, 3.63) is 62.6 Å². The fraction of sp³-hybridized carbons (Fsp3) is 0.0667. The average Bonchev–Trinajstić information content (AvgIpc) is 2.99. The van der Waals surface area contributed by atoms with E-state index in [1.807, 2.05) is 0 Å². The van der Waals surface area contributed by atoms with Crippen molar-refractivity contribution in [2.75, 3.05) is 0 Å². The van der Waals surface area contributed by atoms with Crippen LogP contribution < -0.4 is 5.56 Å². The number of nitrogens with zero attached hydrogens (tertiary/aromatic N) is 1. The van der Waals surface area contributed by atoms with E-state index in [2.05, 4.69) is 0 Å². The number of carbonyl (C=O) groups excluding carboxylic acids is 1. The minimum Gasteiger partial charge on any atom is -0.506 e. The second kappa shape index (κ2) is 4.61. The van der Waals surface area contributed by atoms with Gasteiger partial charge in [0.15, 0.2) is 0 Å². The van der Waals surface area contributed by atoms with E-state index in [0.29, 0.717) is 15.8 Å². The van der Waals surface area contributed by atoms with Gasteiger partial charge in [0.1, 0.15) is 11.3 Å². The molecule has 3 aromatic rings. The summed E-state index contributed by atoms with van der Waals surface area (Å²) in [5.41, 5.74) is -0.0639. The summed E-state index contributed by atoms with van der Waals surface area (Å²) < 4.78 is 1.38. The number of benzene rings is 1. The van der Waals surface area contributed by atoms with Crippen LogP contribution in [0.1, 0.15) is 15.2 Å². The maximum absolute atomic E-state index is 12.4. The standard InChI is InChI=1S/C15H11NO3S/c1-16-10-6-3-2-5-9(10)13(17)12(15(16)19)14(18)11-7-4-8-20-11/h2-8,17H,1H3. The monoisotopic (exact) mass is 285 g/mol. The Morgan fingerprint density at radius 2 is 1.95 bits per heavy atom. The predicted octanol–water partition coefficient (Wildman–Crippen LogP) is 2.54. The summed E-state index contributed by atoms with van der Waals surface area (Å²) in [6.07, 6.45) is 0. The van der Waals surface area contributed by atoms with Gasteiger partial charge in [-0.2, -0.15) is 0 Å². The van der Waals surface area contributed by atoms with Crippen molar-refractivity contribution in [3.63, 3.8) is 0 Å². The maximum Gasteiger partial charge on any atom is 0.265 e. The van der Waals surface area contributed by atoms with Crippen molar-refractivity contribution in [2.24, 2.45) is 7.05 Å². The van der Waals surface area contributed by atoms with E-state index in [9.17, 15) is 14.7 Å². The van der Waals surface area contributed by atoms with E-state index in [0.717, 1.165) is 0 Å². The Kier molecular flexibility index (Phi) is 2.91. The maximum atomic E-state index is 12.4. The summed E-state index contributed by atoms with van der Waals surface area (Å²) in [6.45, 7) is 0. The first kappa shape index (κ1) is 12.6. The molecule has 0 atom stereocenters. The van der Waals surface area contributed by atoms with Crippen LogP contribution >= 0.6 is 11.3 Å². The SMILES string of the molecule is Cn1c(=O)c(C(=O)c2cccs2)c(O)c2ccccc21. The summed E-state index contributed by atoms with van der Waals surface area (Å²) >= 11 is 1.25. The number of aromatic hydroxyl groups is 1. The number of ketones is 1. The average molecular weight is 285 g/mol. The Balaban J connectivity index is 2.37. The van der Waals surface area contributed by atoms with Crippen LogP contribution in [0.4, 0.5) is 0 Å². The van der Waals surface area contributed by atoms with Gasteiger partial charge in [-0.3, -0.25) is 9.59 Å². The molecule has 0 unspecified atom stereocenters. The highest BCUT2D eigenvalue weighted by molar-refractivity contribution is 7.12. The van der Waals surface area contributed by atoms with Crippen LogP contribution in [-0.4, -0.2) is 15.5 Å². The summed E-state index contributed by atoms with van der Waals surface area (Å²) in [5, 5.41) is 12.5. The lowest BCUT2D eigenvalue weighted by molar-refractivity contribution is 0.103. The topological polar surface area (TPSA) is 59.3 Å². The second-order valence-corrected chi connectivity index (χ2v) is 5.36. The van der Waals surface area contributed by atoms with E-state index >= 15 is 0 Å². The van der Waals surface area contributed by atoms with Crippen molar-refractivity contribution in [2.45, 2.75) is 0 Å². The summed E-state index contributed by atoms with van der Waals surface area (Å²) in [6, 6.07) is 10.3. The van der Waals surface area contributed by atoms with Crippen molar-refractivity contribution in [1.29, 1.82) is 0 Å². The number of hydrogen-bond acceptors (Lipinski definition) is 4. The number of pyridine rings is 1. The van der Waals surface area contributed by atoms with Gasteiger partial charge in [0.05, 0.1) is 10.4 Å². The van der Waals surface area contributed by atoms with Gasteiger partial charge in [-0.25, -0.2) is 0 Å². The fourth-order valence-corrected chi connectivity index (χ4v) is 2.89. The Bertz CT molecular complexity index is 863. The fourth-order valence-electron chi connectivity index (χ4n) is 2.22. The Morgan fingerprint density at radius 1 is 1.20 bits per heavy atom. The van der Waals surface area contributed by atoms with Gasteiger partial charge in [0.2, 0.25) is 5.78 Å². The number of thiophene rings is 1. The summed E-state index contributed by atoms with van der Waals surface area (Å²) in [4.78, 5) is 25.1. The highest BCUT2D eigenvalue weighted by atomic mass is 32.1. The van der Waals surface area contributed by atoms with E-state index in [1.54, 1.807) is 48.8 Å². The smallest absolute Gasteiger partial charge is 0.265 e. The van der Waals surface area contributed by atoms with Crippen LogP contribution in [0.25, 0.3) is 10.9 Å². The van der Waals surface area contributed by atoms with Crippen molar-refractivity contribution in [3.8, 4) is 5.75 Å². The van der Waals surface area contributed by atoms with Gasteiger partial charge in [0.25, 0.3) is 5.56 Å². The lowest BCUT2D eigenvalue weighted by Crippen LogP contribution is -2.25. The van der Waals surface area contributed by atoms with Gasteiger partial charge < -0.3 is 9.67 Å². The molecule has 0 bridgehead atoms. The van der Waals surface area contributed by atoms with Crippen LogP contribution in [0.2, 0.25) is 0 Å². The number of fused-ring (bicyclic) bond motifs is 1. The number of para-hydroxylation sites is 1. The third-order valence-electron chi connectivity index (χ3n) is 3.25. The molecule has 0 aliphatic carbocycles. The second-order valence-electron chi connectivity index (χ2n) is 4.41. The molecule has 20 heavy (non-hydrogen) atoms. The van der Waals surface area contributed by atoms with E-state index in [-0.39, 0.29) is 11.3 Å². The van der Waals surface area contributed by atoms with Crippen LogP contribution in [0, 0.1) is 0 Å². The molecule has 100 valence electrons. The first-order valence-electron chi connectivity index (χ1n) is 6.00. The molecule has 0 spiro atoms. The Morgan fingerprint density at radius 3 is 2.65 bits per heavy atom. The molecular weight excluding hydrogens is 274 g/mol. The van der Waals surface area contributed by atoms with E-state index in [4.69, 9.17) is 0 Å². The van der Waals surface area contributed by atoms with Gasteiger partial charge in [-0.15, -0.1) is 11.3 Å². The molecular formula is C15H11NO3S. The van der Waals surface area contributed by atoms with E-state index in [1.165, 1.54) is 15.9 Å². The normalized spacial score (nSPS) is 10.8. The highest BCUT2D eigenvalue weighted by Crippen LogP contribution is 2.28. The predicted molar refractivity (Wildman–Crippen MR) is 78.6 cm³/mol. The summed E-state index contributed by atoms with van der Waals surface area (Å²) in [7, 11) is 1.59. The first-order valence-corrected chi connectivity index (χ1v) is 6.88. The van der Waals surface area contributed by atoms with Crippen molar-refractivity contribution in [1.82, 2.24) is 4.57 Å². The lowest BCUT2D eigenvalue weighted by atomic mass is 10.1. The van der Waals surface area contributed by atoms with Gasteiger partial charge >= 0.3 is 0 Å². The molecule has 1 aromatic carbocycles. The third kappa shape index (κ3) is 1.75. The molecule has 0 aliphatic heterocycles. The number of hydrogen-bond donors (Lipinski definition) is 1. The van der Waals surface area contributed by atoms with Crippen molar-refractivity contribution < 1.29 is 9.90 Å². The molecule has 4 nitrogen and oxygen atoms in total. The molecule has 0 radical (unpaired) electrons. The van der Waals surface area contributed by atoms with Gasteiger partial charge in [-0.05, 0) is 23.6 Å². The number of carbonyl (C=O) groups is 1. The molecule has 3 rings (SSSR count). The molecule has 1 N–H and O–H groups in total. The largest absolute Gasteiger partial charge is 0.506 e. The molecule has 0 saturated heterocycles. The molecule has 2 heterocycles. The van der Waals surface area contributed by atoms with Gasteiger partial charge in [0, 0.05) is 12.4 Å². The highest BCUT2D eigenvalue weighted by Gasteiger charge is 2.22. The zero-order valence-electron chi connectivity index (χ0n) is 10.7. The number of aryl methyl sites for hydroxylation is 1. The number of rotatable bonds is 2. The molecule has 0 fully saturated rings. The third-order valence-corrected chi connectivity index (χ3v) is 4.12. The van der Waals surface area contributed by atoms with Crippen molar-refractivity contribution >= 4 is 28.0 Å². The molecule has 0 amide bonds. The minimum absolute atomic E-state index is 0.173. The first-order chi connectivity index (χ1) is 9.61. The van der Waals surface area contributed by atoms with Gasteiger partial charge in [-0.1, -0.05) is 18.2 Å². The lowest BCUT2D eigenvalue weighted by Gasteiger charge is -2.10. The van der Waals surface area contributed by atoms with Crippen LogP contribution in [0.15, 0.2) is 46.6 Å². The Hall–Kier alpha value is -2.40. The molecule has 0 aliphatic rings. The molecule has 2 aromatic heterocycles. The number of aromatic nitrogens is 1. The zero-order valence-corrected chi connectivity index (χ0v) is 11.5.